The lowest BCUT2D eigenvalue weighted by atomic mass is 9.97. The van der Waals surface area contributed by atoms with E-state index in [1.165, 1.54) is 19.9 Å². The van der Waals surface area contributed by atoms with Crippen molar-refractivity contribution >= 4 is 11.9 Å². The number of amides is 3. The molecule has 1 aliphatic rings. The molecule has 0 aromatic carbocycles. The van der Waals surface area contributed by atoms with Crippen molar-refractivity contribution in [1.29, 1.82) is 0 Å². The molecule has 0 spiro atoms. The Balaban J connectivity index is 2.30. The van der Waals surface area contributed by atoms with Gasteiger partial charge in [0.2, 0.25) is 5.91 Å². The van der Waals surface area contributed by atoms with Gasteiger partial charge in [-0.25, -0.2) is 4.79 Å². The van der Waals surface area contributed by atoms with Gasteiger partial charge in [-0.2, -0.15) is 0 Å². The maximum absolute atomic E-state index is 11.6. The third-order valence-electron chi connectivity index (χ3n) is 3.65. The summed E-state index contributed by atoms with van der Waals surface area (Å²) in [7, 11) is 1.50. The van der Waals surface area contributed by atoms with E-state index in [1.807, 2.05) is 0 Å². The van der Waals surface area contributed by atoms with E-state index in [9.17, 15) is 9.59 Å². The molecule has 0 bridgehead atoms. The van der Waals surface area contributed by atoms with Crippen LogP contribution >= 0.6 is 0 Å². The average molecular weight is 284 g/mol. The van der Waals surface area contributed by atoms with Gasteiger partial charge in [0.1, 0.15) is 0 Å². The van der Waals surface area contributed by atoms with E-state index < -0.39 is 6.03 Å². The highest BCUT2D eigenvalue weighted by Gasteiger charge is 2.17. The zero-order valence-corrected chi connectivity index (χ0v) is 12.7. The number of carbonyl (C=O) groups is 2. The predicted octanol–water partition coefficient (Wildman–Crippen LogP) is 0.544. The lowest BCUT2D eigenvalue weighted by Crippen LogP contribution is -2.41. The van der Waals surface area contributed by atoms with Gasteiger partial charge in [0.05, 0.1) is 0 Å². The van der Waals surface area contributed by atoms with Crippen LogP contribution < -0.4 is 16.0 Å². The molecule has 0 unspecified atom stereocenters. The minimum absolute atomic E-state index is 0.212. The Hall–Kier alpha value is -1.14. The van der Waals surface area contributed by atoms with E-state index in [1.54, 1.807) is 0 Å². The molecule has 3 amide bonds. The molecule has 0 aromatic heterocycles. The molecule has 0 aliphatic carbocycles. The first-order valence-electron chi connectivity index (χ1n) is 7.60. The van der Waals surface area contributed by atoms with Gasteiger partial charge in [-0.3, -0.25) is 10.1 Å². The highest BCUT2D eigenvalue weighted by molar-refractivity contribution is 5.94. The molecule has 6 heteroatoms. The highest BCUT2D eigenvalue weighted by Crippen LogP contribution is 2.13. The molecule has 116 valence electrons. The van der Waals surface area contributed by atoms with Gasteiger partial charge >= 0.3 is 6.03 Å². The second-order valence-electron chi connectivity index (χ2n) is 5.37. The molecule has 1 rings (SSSR count). The summed E-state index contributed by atoms with van der Waals surface area (Å²) in [5.41, 5.74) is 0. The largest absolute Gasteiger partial charge is 0.341 e. The third-order valence-corrected chi connectivity index (χ3v) is 3.65. The van der Waals surface area contributed by atoms with Gasteiger partial charge in [-0.1, -0.05) is 6.92 Å². The molecule has 3 N–H and O–H groups in total. The van der Waals surface area contributed by atoms with Gasteiger partial charge in [0.15, 0.2) is 0 Å². The molecule has 20 heavy (non-hydrogen) atoms. The summed E-state index contributed by atoms with van der Waals surface area (Å²) in [6.45, 7) is 7.14. The normalized spacial score (nSPS) is 16.1. The Morgan fingerprint density at radius 3 is 2.55 bits per heavy atom. The first kappa shape index (κ1) is 16.9. The summed E-state index contributed by atoms with van der Waals surface area (Å²) in [4.78, 5) is 25.0. The van der Waals surface area contributed by atoms with E-state index in [-0.39, 0.29) is 5.91 Å². The van der Waals surface area contributed by atoms with Crippen LogP contribution in [0, 0.1) is 5.92 Å². The summed E-state index contributed by atoms with van der Waals surface area (Å²) < 4.78 is 0. The van der Waals surface area contributed by atoms with Crippen molar-refractivity contribution in [3.8, 4) is 0 Å². The number of hydrogen-bond donors (Lipinski definition) is 3. The number of hydrogen-bond acceptors (Lipinski definition) is 4. The Kier molecular flexibility index (Phi) is 8.22. The van der Waals surface area contributed by atoms with Gasteiger partial charge in [-0.05, 0) is 44.8 Å². The van der Waals surface area contributed by atoms with Crippen molar-refractivity contribution in [1.82, 2.24) is 20.9 Å². The molecule has 0 radical (unpaired) electrons. The first-order chi connectivity index (χ1) is 9.65. The van der Waals surface area contributed by atoms with Gasteiger partial charge < -0.3 is 15.5 Å². The van der Waals surface area contributed by atoms with Crippen molar-refractivity contribution in [3.63, 3.8) is 0 Å². The van der Waals surface area contributed by atoms with Crippen LogP contribution in [0.2, 0.25) is 0 Å². The predicted molar refractivity (Wildman–Crippen MR) is 79.5 cm³/mol. The average Bonchev–Trinajstić information content (AvgIpc) is 2.46. The maximum Gasteiger partial charge on any atom is 0.321 e. The fraction of sp³-hybridized carbons (Fsp3) is 0.857. The van der Waals surface area contributed by atoms with Crippen molar-refractivity contribution in [2.75, 3.05) is 39.8 Å². The number of carbonyl (C=O) groups excluding carboxylic acids is 2. The van der Waals surface area contributed by atoms with Gasteiger partial charge in [0, 0.05) is 26.6 Å². The van der Waals surface area contributed by atoms with Crippen molar-refractivity contribution in [3.05, 3.63) is 0 Å². The summed E-state index contributed by atoms with van der Waals surface area (Å²) >= 11 is 0. The smallest absolute Gasteiger partial charge is 0.321 e. The number of imide groups is 1. The number of piperidine rings is 1. The molecule has 6 nitrogen and oxygen atoms in total. The zero-order valence-electron chi connectivity index (χ0n) is 12.7. The van der Waals surface area contributed by atoms with Crippen LogP contribution in [0.5, 0.6) is 0 Å². The molecule has 1 saturated heterocycles. The lowest BCUT2D eigenvalue weighted by Gasteiger charge is -2.29. The summed E-state index contributed by atoms with van der Waals surface area (Å²) in [5.74, 6) is 0.514. The number of urea groups is 1. The highest BCUT2D eigenvalue weighted by atomic mass is 16.2. The minimum atomic E-state index is -0.435. The SMILES string of the molecule is CCCN(CCC(=O)NC(=O)NC)CC1CCNCC1. The summed E-state index contributed by atoms with van der Waals surface area (Å²) in [6, 6.07) is -0.435. The maximum atomic E-state index is 11.6. The van der Waals surface area contributed by atoms with E-state index in [2.05, 4.69) is 27.8 Å². The Labute approximate surface area is 121 Å². The summed E-state index contributed by atoms with van der Waals surface area (Å²) in [6.07, 6.45) is 3.88. The molecule has 0 atom stereocenters. The van der Waals surface area contributed by atoms with Crippen LogP contribution in [0.1, 0.15) is 32.6 Å². The van der Waals surface area contributed by atoms with Gasteiger partial charge in [-0.15, -0.1) is 0 Å². The zero-order chi connectivity index (χ0) is 14.8. The van der Waals surface area contributed by atoms with Crippen molar-refractivity contribution in [2.45, 2.75) is 32.6 Å². The Morgan fingerprint density at radius 1 is 1.25 bits per heavy atom. The molecular weight excluding hydrogens is 256 g/mol. The fourth-order valence-electron chi connectivity index (χ4n) is 2.55. The standard InChI is InChI=1S/C14H28N4O2/c1-3-9-18(11-12-4-7-16-8-5-12)10-6-13(19)17-14(20)15-2/h12,16H,3-11H2,1-2H3,(H2,15,17,19,20). The van der Waals surface area contributed by atoms with E-state index in [4.69, 9.17) is 0 Å². The van der Waals surface area contributed by atoms with Crippen LogP contribution in [0.25, 0.3) is 0 Å². The third kappa shape index (κ3) is 6.86. The fourth-order valence-corrected chi connectivity index (χ4v) is 2.55. The number of nitrogens with zero attached hydrogens (tertiary/aromatic N) is 1. The van der Waals surface area contributed by atoms with E-state index >= 15 is 0 Å². The van der Waals surface area contributed by atoms with Crippen LogP contribution in [0.3, 0.4) is 0 Å². The second-order valence-corrected chi connectivity index (χ2v) is 5.37. The quantitative estimate of drug-likeness (QED) is 0.638. The molecular formula is C14H28N4O2. The molecule has 0 aromatic rings. The topological polar surface area (TPSA) is 73.5 Å². The van der Waals surface area contributed by atoms with Crippen LogP contribution in [-0.4, -0.2) is 56.6 Å². The second kappa shape index (κ2) is 9.72. The first-order valence-corrected chi connectivity index (χ1v) is 7.60. The monoisotopic (exact) mass is 284 g/mol. The van der Waals surface area contributed by atoms with Crippen molar-refractivity contribution < 1.29 is 9.59 Å². The molecule has 1 aliphatic heterocycles. The van der Waals surface area contributed by atoms with E-state index in [0.29, 0.717) is 6.42 Å². The summed E-state index contributed by atoms with van der Waals surface area (Å²) in [5, 5.41) is 8.06. The van der Waals surface area contributed by atoms with E-state index in [0.717, 1.165) is 45.1 Å². The number of nitrogens with one attached hydrogen (secondary N) is 3. The van der Waals surface area contributed by atoms with Crippen LogP contribution in [-0.2, 0) is 4.79 Å². The minimum Gasteiger partial charge on any atom is -0.341 e. The Morgan fingerprint density at radius 2 is 1.95 bits per heavy atom. The lowest BCUT2D eigenvalue weighted by molar-refractivity contribution is -0.120. The van der Waals surface area contributed by atoms with Crippen LogP contribution in [0.15, 0.2) is 0 Å². The molecule has 1 fully saturated rings. The van der Waals surface area contributed by atoms with Crippen molar-refractivity contribution in [2.24, 2.45) is 5.92 Å². The van der Waals surface area contributed by atoms with Crippen LogP contribution in [0.4, 0.5) is 4.79 Å². The Bertz CT molecular complexity index is 304. The molecule has 1 heterocycles. The number of rotatable bonds is 7. The van der Waals surface area contributed by atoms with Gasteiger partial charge in [0.25, 0.3) is 0 Å². The molecule has 0 saturated carbocycles.